The third-order valence-electron chi connectivity index (χ3n) is 2.14. The van der Waals surface area contributed by atoms with Gasteiger partial charge in [-0.15, -0.1) is 0 Å². The van der Waals surface area contributed by atoms with E-state index in [4.69, 9.17) is 11.6 Å². The first-order valence-electron chi connectivity index (χ1n) is 5.49. The zero-order valence-electron chi connectivity index (χ0n) is 9.42. The van der Waals surface area contributed by atoms with E-state index >= 15 is 0 Å². The van der Waals surface area contributed by atoms with Crippen LogP contribution in [0.15, 0.2) is 24.3 Å². The van der Waals surface area contributed by atoms with Crippen LogP contribution in [0.1, 0.15) is 19.8 Å². The number of halogens is 1. The lowest BCUT2D eigenvalue weighted by Crippen LogP contribution is -2.28. The number of unbranched alkanes of at least 4 members (excludes halogenated alkanes) is 1. The van der Waals surface area contributed by atoms with Gasteiger partial charge in [0.2, 0.25) is 5.91 Å². The molecule has 0 aliphatic heterocycles. The molecule has 0 heterocycles. The molecule has 0 aliphatic rings. The predicted molar refractivity (Wildman–Crippen MR) is 67.9 cm³/mol. The molecule has 0 fully saturated rings. The van der Waals surface area contributed by atoms with Crippen LogP contribution in [0.5, 0.6) is 0 Å². The third kappa shape index (κ3) is 4.64. The van der Waals surface area contributed by atoms with Gasteiger partial charge in [-0.3, -0.25) is 4.79 Å². The van der Waals surface area contributed by atoms with Crippen molar-refractivity contribution in [3.05, 3.63) is 29.3 Å². The van der Waals surface area contributed by atoms with Gasteiger partial charge in [-0.25, -0.2) is 0 Å². The summed E-state index contributed by atoms with van der Waals surface area (Å²) in [6, 6.07) is 7.21. The average molecular weight is 241 g/mol. The van der Waals surface area contributed by atoms with Gasteiger partial charge in [0.1, 0.15) is 0 Å². The van der Waals surface area contributed by atoms with Crippen LogP contribution in [-0.4, -0.2) is 19.0 Å². The van der Waals surface area contributed by atoms with Crippen molar-refractivity contribution in [2.24, 2.45) is 0 Å². The van der Waals surface area contributed by atoms with E-state index in [1.165, 1.54) is 0 Å². The molecule has 0 saturated carbocycles. The Bertz CT molecular complexity index is 342. The van der Waals surface area contributed by atoms with Gasteiger partial charge in [0.25, 0.3) is 0 Å². The van der Waals surface area contributed by atoms with E-state index in [9.17, 15) is 4.79 Å². The van der Waals surface area contributed by atoms with E-state index in [2.05, 4.69) is 17.6 Å². The van der Waals surface area contributed by atoms with Gasteiger partial charge in [0.05, 0.1) is 17.3 Å². The Labute approximate surface area is 101 Å². The van der Waals surface area contributed by atoms with Crippen molar-refractivity contribution in [1.29, 1.82) is 0 Å². The van der Waals surface area contributed by atoms with Gasteiger partial charge in [-0.1, -0.05) is 37.1 Å². The molecule has 0 atom stereocenters. The average Bonchev–Trinajstić information content (AvgIpc) is 2.28. The van der Waals surface area contributed by atoms with Gasteiger partial charge >= 0.3 is 0 Å². The zero-order chi connectivity index (χ0) is 11.8. The molecule has 4 heteroatoms. The summed E-state index contributed by atoms with van der Waals surface area (Å²) >= 11 is 5.92. The number of carbonyl (C=O) groups is 1. The molecule has 1 amide bonds. The maximum absolute atomic E-state index is 11.5. The molecule has 0 aliphatic carbocycles. The molecular formula is C12H17ClN2O. The van der Waals surface area contributed by atoms with Crippen LogP contribution in [0.25, 0.3) is 0 Å². The topological polar surface area (TPSA) is 41.1 Å². The van der Waals surface area contributed by atoms with Crippen molar-refractivity contribution in [1.82, 2.24) is 5.32 Å². The van der Waals surface area contributed by atoms with Crippen LogP contribution in [-0.2, 0) is 4.79 Å². The van der Waals surface area contributed by atoms with Crippen molar-refractivity contribution in [3.8, 4) is 0 Å². The van der Waals surface area contributed by atoms with Crippen molar-refractivity contribution in [2.75, 3.05) is 18.4 Å². The highest BCUT2D eigenvalue weighted by molar-refractivity contribution is 6.33. The summed E-state index contributed by atoms with van der Waals surface area (Å²) in [6.07, 6.45) is 2.21. The number of carbonyl (C=O) groups excluding carboxylic acids is 1. The molecule has 1 rings (SSSR count). The Morgan fingerprint density at radius 1 is 1.38 bits per heavy atom. The van der Waals surface area contributed by atoms with Gasteiger partial charge in [-0.2, -0.15) is 0 Å². The quantitative estimate of drug-likeness (QED) is 0.751. The Hall–Kier alpha value is -1.06. The summed E-state index contributed by atoms with van der Waals surface area (Å²) in [6.45, 7) is 3.31. The highest BCUT2D eigenvalue weighted by atomic mass is 35.5. The minimum Gasteiger partial charge on any atom is -0.324 e. The van der Waals surface area contributed by atoms with Crippen LogP contribution in [0, 0.1) is 0 Å². The molecule has 2 N–H and O–H groups in total. The lowest BCUT2D eigenvalue weighted by molar-refractivity contribution is -0.115. The number of hydrogen-bond acceptors (Lipinski definition) is 2. The Kier molecular flexibility index (Phi) is 5.90. The summed E-state index contributed by atoms with van der Waals surface area (Å²) in [5.41, 5.74) is 0.659. The lowest BCUT2D eigenvalue weighted by atomic mass is 10.3. The van der Waals surface area contributed by atoms with Crippen LogP contribution in [0.4, 0.5) is 5.69 Å². The lowest BCUT2D eigenvalue weighted by Gasteiger charge is -2.07. The highest BCUT2D eigenvalue weighted by Gasteiger charge is 2.03. The summed E-state index contributed by atoms with van der Waals surface area (Å²) < 4.78 is 0. The minimum atomic E-state index is -0.0656. The molecule has 88 valence electrons. The SMILES string of the molecule is CCCCNCC(=O)Nc1ccccc1Cl. The van der Waals surface area contributed by atoms with Gasteiger partial charge in [-0.05, 0) is 25.1 Å². The first kappa shape index (κ1) is 13.0. The second kappa shape index (κ2) is 7.25. The standard InChI is InChI=1S/C12H17ClN2O/c1-2-3-8-14-9-12(16)15-11-7-5-4-6-10(11)13/h4-7,14H,2-3,8-9H2,1H3,(H,15,16). The molecule has 0 saturated heterocycles. The zero-order valence-corrected chi connectivity index (χ0v) is 10.2. The summed E-state index contributed by atoms with van der Waals surface area (Å²) in [5, 5.41) is 6.38. The maximum Gasteiger partial charge on any atom is 0.238 e. The van der Waals surface area contributed by atoms with Crippen molar-refractivity contribution >= 4 is 23.2 Å². The first-order valence-corrected chi connectivity index (χ1v) is 5.87. The Morgan fingerprint density at radius 3 is 2.81 bits per heavy atom. The van der Waals surface area contributed by atoms with E-state index in [0.29, 0.717) is 17.3 Å². The van der Waals surface area contributed by atoms with Crippen LogP contribution in [0.2, 0.25) is 5.02 Å². The Balaban J connectivity index is 2.32. The summed E-state index contributed by atoms with van der Waals surface area (Å²) in [7, 11) is 0. The molecular weight excluding hydrogens is 224 g/mol. The molecule has 0 aromatic heterocycles. The number of para-hydroxylation sites is 1. The molecule has 1 aromatic carbocycles. The molecule has 16 heavy (non-hydrogen) atoms. The van der Waals surface area contributed by atoms with E-state index in [1.807, 2.05) is 12.1 Å². The normalized spacial score (nSPS) is 10.1. The molecule has 0 spiro atoms. The molecule has 0 unspecified atom stereocenters. The van der Waals surface area contributed by atoms with Crippen LogP contribution >= 0.6 is 11.6 Å². The number of amides is 1. The van der Waals surface area contributed by atoms with Crippen molar-refractivity contribution < 1.29 is 4.79 Å². The minimum absolute atomic E-state index is 0.0656. The van der Waals surface area contributed by atoms with Gasteiger partial charge in [0.15, 0.2) is 0 Å². The number of rotatable bonds is 6. The van der Waals surface area contributed by atoms with E-state index in [-0.39, 0.29) is 5.91 Å². The van der Waals surface area contributed by atoms with Gasteiger partial charge < -0.3 is 10.6 Å². The largest absolute Gasteiger partial charge is 0.324 e. The fourth-order valence-corrected chi connectivity index (χ4v) is 1.44. The summed E-state index contributed by atoms with van der Waals surface area (Å²) in [5.74, 6) is -0.0656. The van der Waals surface area contributed by atoms with E-state index in [0.717, 1.165) is 19.4 Å². The number of benzene rings is 1. The van der Waals surface area contributed by atoms with Crippen molar-refractivity contribution in [3.63, 3.8) is 0 Å². The number of hydrogen-bond donors (Lipinski definition) is 2. The van der Waals surface area contributed by atoms with Gasteiger partial charge in [0, 0.05) is 0 Å². The fraction of sp³-hybridized carbons (Fsp3) is 0.417. The second-order valence-electron chi connectivity index (χ2n) is 3.56. The first-order chi connectivity index (χ1) is 7.74. The van der Waals surface area contributed by atoms with E-state index < -0.39 is 0 Å². The second-order valence-corrected chi connectivity index (χ2v) is 3.97. The Morgan fingerprint density at radius 2 is 2.12 bits per heavy atom. The highest BCUT2D eigenvalue weighted by Crippen LogP contribution is 2.19. The monoisotopic (exact) mass is 240 g/mol. The van der Waals surface area contributed by atoms with E-state index in [1.54, 1.807) is 12.1 Å². The maximum atomic E-state index is 11.5. The molecule has 3 nitrogen and oxygen atoms in total. The number of anilines is 1. The summed E-state index contributed by atoms with van der Waals surface area (Å²) in [4.78, 5) is 11.5. The molecule has 1 aromatic rings. The number of nitrogens with one attached hydrogen (secondary N) is 2. The molecule has 0 bridgehead atoms. The van der Waals surface area contributed by atoms with Crippen LogP contribution in [0.3, 0.4) is 0 Å². The predicted octanol–water partition coefficient (Wildman–Crippen LogP) is 2.67. The third-order valence-corrected chi connectivity index (χ3v) is 2.47. The molecule has 0 radical (unpaired) electrons. The van der Waals surface area contributed by atoms with Crippen LogP contribution < -0.4 is 10.6 Å². The fourth-order valence-electron chi connectivity index (χ4n) is 1.26. The van der Waals surface area contributed by atoms with Crippen molar-refractivity contribution in [2.45, 2.75) is 19.8 Å². The smallest absolute Gasteiger partial charge is 0.238 e.